The molecule has 0 bridgehead atoms. The molecule has 0 spiro atoms. The van der Waals surface area contributed by atoms with Crippen molar-refractivity contribution in [1.82, 2.24) is 4.90 Å². The summed E-state index contributed by atoms with van der Waals surface area (Å²) in [5.41, 5.74) is 4.24. The lowest BCUT2D eigenvalue weighted by atomic mass is 9.90. The second kappa shape index (κ2) is 7.34. The number of allylic oxidation sites excluding steroid dienone is 3. The number of rotatable bonds is 5. The molecular weight excluding hydrogens is 234 g/mol. The molecule has 1 atom stereocenters. The molecule has 0 aromatic rings. The molecule has 2 heteroatoms. The van der Waals surface area contributed by atoms with Gasteiger partial charge in [-0.3, -0.25) is 4.90 Å². The SMILES string of the molecule is C=C(C=C(C)C1CC(C=CC)=C(C)CN1C)OCC. The summed E-state index contributed by atoms with van der Waals surface area (Å²) in [5.74, 6) is 0.757. The highest BCUT2D eigenvalue weighted by atomic mass is 16.5. The Morgan fingerprint density at radius 1 is 1.53 bits per heavy atom. The Bertz CT molecular complexity index is 415. The highest BCUT2D eigenvalue weighted by Gasteiger charge is 2.23. The minimum Gasteiger partial charge on any atom is -0.495 e. The van der Waals surface area contributed by atoms with Crippen LogP contribution in [0.2, 0.25) is 0 Å². The molecule has 19 heavy (non-hydrogen) atoms. The normalized spacial score (nSPS) is 22.2. The van der Waals surface area contributed by atoms with Crippen LogP contribution in [-0.2, 0) is 4.74 Å². The molecular formula is C17H27NO. The molecule has 0 fully saturated rings. The molecule has 1 rings (SSSR count). The fourth-order valence-electron chi connectivity index (χ4n) is 2.62. The molecule has 0 aromatic heterocycles. The van der Waals surface area contributed by atoms with Gasteiger partial charge < -0.3 is 4.74 Å². The van der Waals surface area contributed by atoms with Gasteiger partial charge >= 0.3 is 0 Å². The number of ether oxygens (including phenoxy) is 1. The van der Waals surface area contributed by atoms with Crippen LogP contribution in [0.3, 0.4) is 0 Å². The summed E-state index contributed by atoms with van der Waals surface area (Å²) in [6, 6.07) is 0.437. The molecule has 0 radical (unpaired) electrons. The molecule has 2 nitrogen and oxygen atoms in total. The first-order valence-corrected chi connectivity index (χ1v) is 7.01. The van der Waals surface area contributed by atoms with Crippen molar-refractivity contribution in [2.75, 3.05) is 20.2 Å². The fraction of sp³-hybridized carbons (Fsp3) is 0.529. The van der Waals surface area contributed by atoms with Crippen molar-refractivity contribution < 1.29 is 4.74 Å². The molecule has 0 amide bonds. The standard InChI is InChI=1S/C17H27NO/c1-7-9-16-11-17(18(6)12-14(16)4)13(3)10-15(5)19-8-2/h7,9-10,17H,5,8,11-12H2,1-4,6H3. The Kier molecular flexibility index (Phi) is 6.10. The Morgan fingerprint density at radius 2 is 2.21 bits per heavy atom. The number of likely N-dealkylation sites (N-methyl/N-ethyl adjacent to an activating group) is 1. The summed E-state index contributed by atoms with van der Waals surface area (Å²) in [6.07, 6.45) is 7.49. The van der Waals surface area contributed by atoms with E-state index in [1.807, 2.05) is 6.92 Å². The molecule has 1 unspecified atom stereocenters. The Labute approximate surface area is 118 Å². The first-order chi connectivity index (χ1) is 8.99. The smallest absolute Gasteiger partial charge is 0.112 e. The Hall–Kier alpha value is -1.28. The molecule has 0 saturated carbocycles. The van der Waals surface area contributed by atoms with Gasteiger partial charge in [0.05, 0.1) is 6.61 Å². The molecule has 0 aromatic carbocycles. The molecule has 106 valence electrons. The van der Waals surface area contributed by atoms with E-state index >= 15 is 0 Å². The Morgan fingerprint density at radius 3 is 2.79 bits per heavy atom. The first kappa shape index (κ1) is 15.8. The fourth-order valence-corrected chi connectivity index (χ4v) is 2.62. The predicted octanol–water partition coefficient (Wildman–Crippen LogP) is 4.08. The molecule has 0 N–H and O–H groups in total. The molecule has 1 aliphatic rings. The summed E-state index contributed by atoms with van der Waals surface area (Å²) in [6.45, 7) is 14.1. The highest BCUT2D eigenvalue weighted by Crippen LogP contribution is 2.27. The zero-order valence-corrected chi connectivity index (χ0v) is 13.0. The van der Waals surface area contributed by atoms with Crippen LogP contribution in [0.4, 0.5) is 0 Å². The van der Waals surface area contributed by atoms with Crippen LogP contribution >= 0.6 is 0 Å². The third-order valence-corrected chi connectivity index (χ3v) is 3.59. The van der Waals surface area contributed by atoms with Crippen LogP contribution < -0.4 is 0 Å². The predicted molar refractivity (Wildman–Crippen MR) is 83.1 cm³/mol. The van der Waals surface area contributed by atoms with E-state index in [-0.39, 0.29) is 0 Å². The van der Waals surface area contributed by atoms with Gasteiger partial charge in [0.25, 0.3) is 0 Å². The molecule has 0 saturated heterocycles. The van der Waals surface area contributed by atoms with Crippen LogP contribution in [0.5, 0.6) is 0 Å². The van der Waals surface area contributed by atoms with Crippen LogP contribution in [0.15, 0.2) is 47.3 Å². The van der Waals surface area contributed by atoms with E-state index in [0.29, 0.717) is 12.6 Å². The summed E-state index contributed by atoms with van der Waals surface area (Å²) in [4.78, 5) is 2.40. The van der Waals surface area contributed by atoms with E-state index in [1.165, 1.54) is 16.7 Å². The molecule has 1 heterocycles. The van der Waals surface area contributed by atoms with Gasteiger partial charge in [-0.25, -0.2) is 0 Å². The van der Waals surface area contributed by atoms with Gasteiger partial charge in [-0.05, 0) is 52.8 Å². The van der Waals surface area contributed by atoms with Gasteiger partial charge in [0, 0.05) is 12.6 Å². The topological polar surface area (TPSA) is 12.5 Å². The zero-order valence-electron chi connectivity index (χ0n) is 13.0. The van der Waals surface area contributed by atoms with E-state index in [4.69, 9.17) is 4.74 Å². The minimum atomic E-state index is 0.437. The summed E-state index contributed by atoms with van der Waals surface area (Å²) >= 11 is 0. The van der Waals surface area contributed by atoms with Crippen LogP contribution in [0.25, 0.3) is 0 Å². The van der Waals surface area contributed by atoms with Crippen LogP contribution in [0.1, 0.15) is 34.1 Å². The van der Waals surface area contributed by atoms with Gasteiger partial charge in [-0.2, -0.15) is 0 Å². The van der Waals surface area contributed by atoms with Crippen LogP contribution in [-0.4, -0.2) is 31.1 Å². The number of hydrogen-bond acceptors (Lipinski definition) is 2. The average molecular weight is 261 g/mol. The Balaban J connectivity index is 2.86. The number of nitrogens with zero attached hydrogens (tertiary/aromatic N) is 1. The summed E-state index contributed by atoms with van der Waals surface area (Å²) < 4.78 is 5.42. The zero-order chi connectivity index (χ0) is 14.4. The second-order valence-electron chi connectivity index (χ2n) is 5.23. The van der Waals surface area contributed by atoms with Crippen molar-refractivity contribution in [3.63, 3.8) is 0 Å². The maximum atomic E-state index is 5.42. The number of hydrogen-bond donors (Lipinski definition) is 0. The van der Waals surface area contributed by atoms with Crippen molar-refractivity contribution in [3.05, 3.63) is 47.3 Å². The third-order valence-electron chi connectivity index (χ3n) is 3.59. The lowest BCUT2D eigenvalue weighted by molar-refractivity contribution is 0.240. The van der Waals surface area contributed by atoms with Crippen molar-refractivity contribution >= 4 is 0 Å². The lowest BCUT2D eigenvalue weighted by Crippen LogP contribution is -2.38. The third kappa shape index (κ3) is 4.39. The van der Waals surface area contributed by atoms with E-state index in [0.717, 1.165) is 18.7 Å². The average Bonchev–Trinajstić information content (AvgIpc) is 2.32. The molecule has 1 aliphatic heterocycles. The summed E-state index contributed by atoms with van der Waals surface area (Å²) in [7, 11) is 2.18. The first-order valence-electron chi connectivity index (χ1n) is 7.01. The van der Waals surface area contributed by atoms with Gasteiger partial charge in [-0.15, -0.1) is 0 Å². The van der Waals surface area contributed by atoms with Gasteiger partial charge in [-0.1, -0.05) is 29.9 Å². The monoisotopic (exact) mass is 261 g/mol. The maximum absolute atomic E-state index is 5.42. The second-order valence-corrected chi connectivity index (χ2v) is 5.23. The largest absolute Gasteiger partial charge is 0.495 e. The van der Waals surface area contributed by atoms with E-state index in [9.17, 15) is 0 Å². The van der Waals surface area contributed by atoms with Crippen molar-refractivity contribution in [3.8, 4) is 0 Å². The van der Waals surface area contributed by atoms with E-state index < -0.39 is 0 Å². The highest BCUT2D eigenvalue weighted by molar-refractivity contribution is 5.33. The minimum absolute atomic E-state index is 0.437. The van der Waals surface area contributed by atoms with Gasteiger partial charge in [0.1, 0.15) is 5.76 Å². The van der Waals surface area contributed by atoms with Gasteiger partial charge in [0.15, 0.2) is 0 Å². The van der Waals surface area contributed by atoms with Crippen molar-refractivity contribution in [2.45, 2.75) is 40.2 Å². The maximum Gasteiger partial charge on any atom is 0.112 e. The van der Waals surface area contributed by atoms with Gasteiger partial charge in [0.2, 0.25) is 0 Å². The summed E-state index contributed by atoms with van der Waals surface area (Å²) in [5, 5.41) is 0. The van der Waals surface area contributed by atoms with Crippen molar-refractivity contribution in [1.29, 1.82) is 0 Å². The molecule has 0 aliphatic carbocycles. The van der Waals surface area contributed by atoms with Crippen molar-refractivity contribution in [2.24, 2.45) is 0 Å². The van der Waals surface area contributed by atoms with E-state index in [2.05, 4.69) is 57.5 Å². The van der Waals surface area contributed by atoms with Crippen LogP contribution in [0, 0.1) is 0 Å². The quantitative estimate of drug-likeness (QED) is 0.546. The van der Waals surface area contributed by atoms with E-state index in [1.54, 1.807) is 0 Å². The lowest BCUT2D eigenvalue weighted by Gasteiger charge is -2.35.